The van der Waals surface area contributed by atoms with Gasteiger partial charge in [-0.3, -0.25) is 19.6 Å². The molecule has 2 N–H and O–H groups in total. The van der Waals surface area contributed by atoms with Gasteiger partial charge < -0.3 is 9.47 Å². The second-order valence-electron chi connectivity index (χ2n) is 7.74. The normalized spacial score (nSPS) is 11.4. The van der Waals surface area contributed by atoms with Gasteiger partial charge in [0.15, 0.2) is 0 Å². The van der Waals surface area contributed by atoms with Gasteiger partial charge in [-0.05, 0) is 72.8 Å². The summed E-state index contributed by atoms with van der Waals surface area (Å²) in [5.41, 5.74) is 7.61. The molecule has 0 radical (unpaired) electrons. The summed E-state index contributed by atoms with van der Waals surface area (Å²) in [4.78, 5) is 33.5. The molecular formula is C28H24N6O4. The van der Waals surface area contributed by atoms with Crippen molar-refractivity contribution in [2.75, 3.05) is 14.2 Å². The first kappa shape index (κ1) is 25.7. The van der Waals surface area contributed by atoms with Gasteiger partial charge in [-0.15, -0.1) is 0 Å². The number of pyridine rings is 2. The van der Waals surface area contributed by atoms with E-state index in [9.17, 15) is 9.59 Å². The maximum atomic E-state index is 12.8. The Morgan fingerprint density at radius 1 is 0.605 bits per heavy atom. The third kappa shape index (κ3) is 6.43. The molecule has 0 spiro atoms. The molecule has 0 fully saturated rings. The average Bonchev–Trinajstić information content (AvgIpc) is 2.99. The minimum atomic E-state index is -0.461. The molecule has 10 heteroatoms. The number of nitrogens with zero attached hydrogens (tertiary/aromatic N) is 4. The molecule has 0 aliphatic rings. The smallest absolute Gasteiger partial charge is 0.272 e. The minimum absolute atomic E-state index is 0.293. The Kier molecular flexibility index (Phi) is 8.48. The standard InChI is InChI=1S/C28H24N6O4/c1-37-23-11-7-19(8-12-23)25(31-33-27(35)21-5-3-15-29-17-21)26(20-9-13-24(38-2)14-10-20)32-34-28(36)22-6-4-16-30-18-22/h3-18H,1-2H3,(H,33,35)(H,34,36)/b31-25+,32-26+. The lowest BCUT2D eigenvalue weighted by molar-refractivity contribution is 0.0946. The number of aromatic nitrogens is 2. The van der Waals surface area contributed by atoms with Gasteiger partial charge in [0.2, 0.25) is 0 Å². The Labute approximate surface area is 219 Å². The van der Waals surface area contributed by atoms with Crippen LogP contribution >= 0.6 is 0 Å². The van der Waals surface area contributed by atoms with E-state index in [1.165, 1.54) is 12.4 Å². The molecule has 2 heterocycles. The van der Waals surface area contributed by atoms with E-state index in [2.05, 4.69) is 31.0 Å². The monoisotopic (exact) mass is 508 g/mol. The van der Waals surface area contributed by atoms with Crippen LogP contribution in [-0.2, 0) is 0 Å². The van der Waals surface area contributed by atoms with Crippen molar-refractivity contribution in [3.05, 3.63) is 120 Å². The number of ether oxygens (including phenoxy) is 2. The lowest BCUT2D eigenvalue weighted by Crippen LogP contribution is -2.28. The molecule has 0 saturated carbocycles. The Hall–Kier alpha value is -5.38. The van der Waals surface area contributed by atoms with E-state index >= 15 is 0 Å². The van der Waals surface area contributed by atoms with E-state index in [0.717, 1.165) is 0 Å². The van der Waals surface area contributed by atoms with Gasteiger partial charge in [0.25, 0.3) is 11.8 Å². The molecule has 0 atom stereocenters. The van der Waals surface area contributed by atoms with E-state index < -0.39 is 11.8 Å². The number of rotatable bonds is 9. The number of nitrogens with one attached hydrogen (secondary N) is 2. The maximum Gasteiger partial charge on any atom is 0.272 e. The zero-order valence-electron chi connectivity index (χ0n) is 20.7. The molecule has 0 aliphatic carbocycles. The number of carbonyl (C=O) groups is 2. The number of benzene rings is 2. The highest BCUT2D eigenvalue weighted by Gasteiger charge is 2.18. The molecule has 190 valence electrons. The summed E-state index contributed by atoms with van der Waals surface area (Å²) in [5, 5.41) is 8.84. The molecule has 2 aromatic carbocycles. The Balaban J connectivity index is 1.78. The Morgan fingerprint density at radius 2 is 1.00 bits per heavy atom. The van der Waals surface area contributed by atoms with Crippen molar-refractivity contribution >= 4 is 23.2 Å². The van der Waals surface area contributed by atoms with Crippen molar-refractivity contribution in [1.82, 2.24) is 20.8 Å². The molecule has 0 aliphatic heterocycles. The fourth-order valence-electron chi connectivity index (χ4n) is 3.34. The van der Waals surface area contributed by atoms with Crippen LogP contribution in [0.2, 0.25) is 0 Å². The molecule has 4 rings (SSSR count). The number of amides is 2. The minimum Gasteiger partial charge on any atom is -0.497 e. The van der Waals surface area contributed by atoms with Gasteiger partial charge in [-0.1, -0.05) is 0 Å². The van der Waals surface area contributed by atoms with Crippen LogP contribution in [0.3, 0.4) is 0 Å². The van der Waals surface area contributed by atoms with Gasteiger partial charge in [0.05, 0.1) is 25.3 Å². The lowest BCUT2D eigenvalue weighted by Gasteiger charge is -2.13. The number of hydrogen-bond acceptors (Lipinski definition) is 8. The van der Waals surface area contributed by atoms with Crippen LogP contribution in [-0.4, -0.2) is 47.4 Å². The first-order valence-electron chi connectivity index (χ1n) is 11.4. The van der Waals surface area contributed by atoms with Crippen LogP contribution in [0.15, 0.2) is 108 Å². The third-order valence-corrected chi connectivity index (χ3v) is 5.34. The third-order valence-electron chi connectivity index (χ3n) is 5.34. The molecule has 0 unspecified atom stereocenters. The Morgan fingerprint density at radius 3 is 1.32 bits per heavy atom. The number of methoxy groups -OCH3 is 2. The first-order chi connectivity index (χ1) is 18.6. The highest BCUT2D eigenvalue weighted by Crippen LogP contribution is 2.18. The largest absolute Gasteiger partial charge is 0.497 e. The fourth-order valence-corrected chi connectivity index (χ4v) is 3.34. The van der Waals surface area contributed by atoms with E-state index in [-0.39, 0.29) is 0 Å². The molecule has 4 aromatic rings. The first-order valence-corrected chi connectivity index (χ1v) is 11.4. The molecule has 2 amide bonds. The summed E-state index contributed by atoms with van der Waals surface area (Å²) in [6, 6.07) is 20.7. The topological polar surface area (TPSA) is 127 Å². The predicted molar refractivity (Wildman–Crippen MR) is 142 cm³/mol. The zero-order valence-corrected chi connectivity index (χ0v) is 20.7. The van der Waals surface area contributed by atoms with Crippen LogP contribution in [0.1, 0.15) is 31.8 Å². The van der Waals surface area contributed by atoms with Crippen LogP contribution in [0.5, 0.6) is 11.5 Å². The summed E-state index contributed by atoms with van der Waals surface area (Å²) >= 11 is 0. The van der Waals surface area contributed by atoms with Gasteiger partial charge >= 0.3 is 0 Å². The van der Waals surface area contributed by atoms with Crippen molar-refractivity contribution in [2.45, 2.75) is 0 Å². The molecule has 2 aromatic heterocycles. The lowest BCUT2D eigenvalue weighted by atomic mass is 9.99. The summed E-state index contributed by atoms with van der Waals surface area (Å²) in [6.45, 7) is 0. The van der Waals surface area contributed by atoms with E-state index in [1.54, 1.807) is 99.4 Å². The van der Waals surface area contributed by atoms with Crippen LogP contribution in [0, 0.1) is 0 Å². The molecule has 0 bridgehead atoms. The second kappa shape index (κ2) is 12.5. The maximum absolute atomic E-state index is 12.8. The predicted octanol–water partition coefficient (Wildman–Crippen LogP) is 3.46. The summed E-state index contributed by atoms with van der Waals surface area (Å²) in [6.07, 6.45) is 6.01. The van der Waals surface area contributed by atoms with Crippen molar-refractivity contribution in [1.29, 1.82) is 0 Å². The van der Waals surface area contributed by atoms with Crippen LogP contribution < -0.4 is 20.3 Å². The van der Waals surface area contributed by atoms with Gasteiger partial charge in [0.1, 0.15) is 22.9 Å². The zero-order chi connectivity index (χ0) is 26.7. The quantitative estimate of drug-likeness (QED) is 0.263. The van der Waals surface area contributed by atoms with Crippen LogP contribution in [0.25, 0.3) is 0 Å². The van der Waals surface area contributed by atoms with Crippen molar-refractivity contribution in [3.8, 4) is 11.5 Å². The van der Waals surface area contributed by atoms with Crippen molar-refractivity contribution in [3.63, 3.8) is 0 Å². The summed E-state index contributed by atoms with van der Waals surface area (Å²) in [5.74, 6) is 0.357. The number of hydrazone groups is 2. The van der Waals surface area contributed by atoms with E-state index in [4.69, 9.17) is 9.47 Å². The van der Waals surface area contributed by atoms with E-state index in [0.29, 0.717) is 45.2 Å². The number of carbonyl (C=O) groups excluding carboxylic acids is 2. The average molecular weight is 509 g/mol. The highest BCUT2D eigenvalue weighted by molar-refractivity contribution is 6.53. The van der Waals surface area contributed by atoms with Crippen LogP contribution in [0.4, 0.5) is 0 Å². The number of hydrogen-bond donors (Lipinski definition) is 2. The highest BCUT2D eigenvalue weighted by atomic mass is 16.5. The van der Waals surface area contributed by atoms with Crippen molar-refractivity contribution < 1.29 is 19.1 Å². The van der Waals surface area contributed by atoms with E-state index in [1.807, 2.05) is 0 Å². The second-order valence-corrected chi connectivity index (χ2v) is 7.74. The molecular weight excluding hydrogens is 484 g/mol. The fraction of sp³-hybridized carbons (Fsp3) is 0.0714. The van der Waals surface area contributed by atoms with Crippen molar-refractivity contribution in [2.24, 2.45) is 10.2 Å². The Bertz CT molecular complexity index is 1330. The van der Waals surface area contributed by atoms with Gasteiger partial charge in [-0.25, -0.2) is 10.9 Å². The van der Waals surface area contributed by atoms with Gasteiger partial charge in [-0.2, -0.15) is 10.2 Å². The summed E-state index contributed by atoms with van der Waals surface area (Å²) < 4.78 is 10.6. The van der Waals surface area contributed by atoms with Gasteiger partial charge in [0, 0.05) is 35.9 Å². The molecule has 38 heavy (non-hydrogen) atoms. The molecule has 10 nitrogen and oxygen atoms in total. The molecule has 0 saturated heterocycles. The SMILES string of the molecule is COc1ccc(C(=N\NC(=O)c2cccnc2)/C(=N/NC(=O)c2cccnc2)c2ccc(OC)cc2)cc1. The summed E-state index contributed by atoms with van der Waals surface area (Å²) in [7, 11) is 3.13.